The lowest BCUT2D eigenvalue weighted by Gasteiger charge is -2.09. The second-order valence-electron chi connectivity index (χ2n) is 6.32. The number of ketones is 1. The summed E-state index contributed by atoms with van der Waals surface area (Å²) in [6.45, 7) is 4.29. The van der Waals surface area contributed by atoms with Gasteiger partial charge in [-0.25, -0.2) is 0 Å². The van der Waals surface area contributed by atoms with Gasteiger partial charge in [0.15, 0.2) is 5.78 Å². The minimum Gasteiger partial charge on any atom is -0.411 e. The Kier molecular flexibility index (Phi) is 6.20. The van der Waals surface area contributed by atoms with Gasteiger partial charge < -0.3 is 4.42 Å². The molecule has 0 unspecified atom stereocenters. The van der Waals surface area contributed by atoms with Crippen LogP contribution in [-0.4, -0.2) is 26.7 Å². The minimum absolute atomic E-state index is 0.0317. The van der Waals surface area contributed by atoms with Gasteiger partial charge in [-0.05, 0) is 24.0 Å². The van der Waals surface area contributed by atoms with Crippen LogP contribution in [0.2, 0.25) is 0 Å². The molecule has 1 heterocycles. The van der Waals surface area contributed by atoms with Crippen molar-refractivity contribution in [3.8, 4) is 11.5 Å². The van der Waals surface area contributed by atoms with Gasteiger partial charge in [0, 0.05) is 23.3 Å². The summed E-state index contributed by atoms with van der Waals surface area (Å²) in [6.07, 6.45) is 1.05. The van der Waals surface area contributed by atoms with Crippen molar-refractivity contribution >= 4 is 23.2 Å². The Morgan fingerprint density at radius 2 is 1.96 bits per heavy atom. The number of nitrogens with zero attached hydrogens (tertiary/aromatic N) is 3. The van der Waals surface area contributed by atoms with E-state index in [1.54, 1.807) is 12.1 Å². The number of hydrogen-bond acceptors (Lipinski definition) is 7. The molecule has 2 aromatic carbocycles. The number of carbonyl (C=O) groups excluding carboxylic acids is 1. The van der Waals surface area contributed by atoms with E-state index in [9.17, 15) is 14.9 Å². The first kappa shape index (κ1) is 19.8. The molecule has 0 bridgehead atoms. The van der Waals surface area contributed by atoms with Gasteiger partial charge >= 0.3 is 0 Å². The first-order valence-corrected chi connectivity index (χ1v) is 9.80. The quantitative estimate of drug-likeness (QED) is 0.225. The van der Waals surface area contributed by atoms with Crippen LogP contribution in [0.3, 0.4) is 0 Å². The third-order valence-electron chi connectivity index (χ3n) is 4.45. The fraction of sp³-hybridized carbons (Fsp3) is 0.250. The van der Waals surface area contributed by atoms with Crippen LogP contribution in [-0.2, 0) is 0 Å². The largest absolute Gasteiger partial charge is 0.411 e. The molecule has 0 saturated heterocycles. The summed E-state index contributed by atoms with van der Waals surface area (Å²) in [6, 6.07) is 13.6. The Hall–Kier alpha value is -3.00. The Labute approximate surface area is 166 Å². The topological polar surface area (TPSA) is 99.1 Å². The second kappa shape index (κ2) is 8.79. The van der Waals surface area contributed by atoms with E-state index in [-0.39, 0.29) is 28.3 Å². The molecule has 3 aromatic rings. The summed E-state index contributed by atoms with van der Waals surface area (Å²) in [4.78, 5) is 22.8. The van der Waals surface area contributed by atoms with E-state index in [4.69, 9.17) is 4.42 Å². The summed E-state index contributed by atoms with van der Waals surface area (Å²) in [5.74, 6) is 0.774. The molecule has 28 heavy (non-hydrogen) atoms. The summed E-state index contributed by atoms with van der Waals surface area (Å²) in [7, 11) is 0. The lowest BCUT2D eigenvalue weighted by molar-refractivity contribution is -0.384. The van der Waals surface area contributed by atoms with Crippen molar-refractivity contribution in [1.82, 2.24) is 10.2 Å². The molecule has 0 N–H and O–H groups in total. The number of non-ortho nitro benzene ring substituents is 1. The number of aromatic nitrogens is 2. The van der Waals surface area contributed by atoms with E-state index in [2.05, 4.69) is 24.0 Å². The molecule has 0 fully saturated rings. The molecule has 7 nitrogen and oxygen atoms in total. The highest BCUT2D eigenvalue weighted by atomic mass is 32.2. The fourth-order valence-corrected chi connectivity index (χ4v) is 3.24. The standard InChI is InChI=1S/C20H19N3O4S/c1-3-13(2)14-7-9-15(10-8-14)18(24)12-28-20-22-21-19(27-20)16-5-4-6-17(11-16)23(25)26/h4-11,13H,3,12H2,1-2H3/t13-/m1/s1. The predicted molar refractivity (Wildman–Crippen MR) is 107 cm³/mol. The maximum atomic E-state index is 12.4. The maximum Gasteiger partial charge on any atom is 0.277 e. The maximum absolute atomic E-state index is 12.4. The fourth-order valence-electron chi connectivity index (χ4n) is 2.58. The first-order valence-electron chi connectivity index (χ1n) is 8.82. The SMILES string of the molecule is CC[C@@H](C)c1ccc(C(=O)CSc2nnc(-c3cccc([N+](=O)[O-])c3)o2)cc1. The van der Waals surface area contributed by atoms with Crippen LogP contribution in [0.15, 0.2) is 58.2 Å². The molecule has 0 spiro atoms. The van der Waals surface area contributed by atoms with Gasteiger partial charge in [-0.15, -0.1) is 10.2 Å². The number of carbonyl (C=O) groups is 1. The zero-order chi connectivity index (χ0) is 20.1. The van der Waals surface area contributed by atoms with E-state index in [0.717, 1.165) is 18.2 Å². The van der Waals surface area contributed by atoms with E-state index in [1.165, 1.54) is 17.7 Å². The molecule has 144 valence electrons. The molecule has 1 atom stereocenters. The van der Waals surface area contributed by atoms with Gasteiger partial charge in [-0.3, -0.25) is 14.9 Å². The average molecular weight is 397 g/mol. The highest BCUT2D eigenvalue weighted by Gasteiger charge is 2.15. The number of rotatable bonds is 8. The van der Waals surface area contributed by atoms with Gasteiger partial charge in [-0.1, -0.05) is 55.9 Å². The van der Waals surface area contributed by atoms with Gasteiger partial charge in [0.2, 0.25) is 5.89 Å². The zero-order valence-electron chi connectivity index (χ0n) is 15.5. The number of Topliss-reactive ketones (excluding diaryl/α,β-unsaturated/α-hetero) is 1. The molecule has 0 radical (unpaired) electrons. The van der Waals surface area contributed by atoms with Gasteiger partial charge in [0.25, 0.3) is 10.9 Å². The summed E-state index contributed by atoms with van der Waals surface area (Å²) in [5.41, 5.74) is 2.25. The van der Waals surface area contributed by atoms with Crippen LogP contribution < -0.4 is 0 Å². The van der Waals surface area contributed by atoms with Crippen LogP contribution in [0.5, 0.6) is 0 Å². The smallest absolute Gasteiger partial charge is 0.277 e. The predicted octanol–water partition coefficient (Wildman–Crippen LogP) is 5.13. The number of nitro groups is 1. The normalized spacial score (nSPS) is 11.9. The lowest BCUT2D eigenvalue weighted by atomic mass is 9.97. The Morgan fingerprint density at radius 3 is 2.64 bits per heavy atom. The molecule has 1 aromatic heterocycles. The van der Waals surface area contributed by atoms with Crippen LogP contribution in [0.1, 0.15) is 42.1 Å². The highest BCUT2D eigenvalue weighted by molar-refractivity contribution is 7.99. The van der Waals surface area contributed by atoms with Crippen LogP contribution in [0, 0.1) is 10.1 Å². The van der Waals surface area contributed by atoms with Gasteiger partial charge in [-0.2, -0.15) is 0 Å². The Morgan fingerprint density at radius 1 is 1.21 bits per heavy atom. The van der Waals surface area contributed by atoms with Gasteiger partial charge in [0.1, 0.15) is 0 Å². The van der Waals surface area contributed by atoms with Crippen LogP contribution in [0.25, 0.3) is 11.5 Å². The average Bonchev–Trinajstić information content (AvgIpc) is 3.20. The highest BCUT2D eigenvalue weighted by Crippen LogP contribution is 2.26. The second-order valence-corrected chi connectivity index (χ2v) is 7.25. The van der Waals surface area contributed by atoms with Crippen molar-refractivity contribution in [3.05, 3.63) is 69.8 Å². The molecule has 8 heteroatoms. The lowest BCUT2D eigenvalue weighted by Crippen LogP contribution is -2.03. The van der Waals surface area contributed by atoms with Crippen molar-refractivity contribution in [2.45, 2.75) is 31.4 Å². The molecular formula is C20H19N3O4S. The number of thioether (sulfide) groups is 1. The van der Waals surface area contributed by atoms with Crippen molar-refractivity contribution in [2.24, 2.45) is 0 Å². The number of hydrogen-bond donors (Lipinski definition) is 0. The molecule has 0 aliphatic heterocycles. The summed E-state index contributed by atoms with van der Waals surface area (Å²) >= 11 is 1.14. The Balaban J connectivity index is 1.63. The number of nitro benzene ring substituents is 1. The van der Waals surface area contributed by atoms with Crippen molar-refractivity contribution in [2.75, 3.05) is 5.75 Å². The van der Waals surface area contributed by atoms with E-state index in [1.807, 2.05) is 24.3 Å². The molecule has 0 aliphatic rings. The molecular weight excluding hydrogens is 378 g/mol. The Bertz CT molecular complexity index is 985. The monoisotopic (exact) mass is 397 g/mol. The first-order chi connectivity index (χ1) is 13.5. The van der Waals surface area contributed by atoms with E-state index in [0.29, 0.717) is 17.0 Å². The van der Waals surface area contributed by atoms with Crippen LogP contribution >= 0.6 is 11.8 Å². The number of benzene rings is 2. The summed E-state index contributed by atoms with van der Waals surface area (Å²) in [5, 5.41) is 18.9. The van der Waals surface area contributed by atoms with Crippen molar-refractivity contribution in [3.63, 3.8) is 0 Å². The third kappa shape index (κ3) is 4.64. The molecule has 0 saturated carbocycles. The van der Waals surface area contributed by atoms with Crippen molar-refractivity contribution in [1.29, 1.82) is 0 Å². The summed E-state index contributed by atoms with van der Waals surface area (Å²) < 4.78 is 5.52. The van der Waals surface area contributed by atoms with E-state index < -0.39 is 4.92 Å². The van der Waals surface area contributed by atoms with Gasteiger partial charge in [0.05, 0.1) is 10.7 Å². The molecule has 0 aliphatic carbocycles. The molecule has 3 rings (SSSR count). The van der Waals surface area contributed by atoms with E-state index >= 15 is 0 Å². The molecule has 0 amide bonds. The minimum atomic E-state index is -0.485. The van der Waals surface area contributed by atoms with Crippen LogP contribution in [0.4, 0.5) is 5.69 Å². The zero-order valence-corrected chi connectivity index (χ0v) is 16.3. The van der Waals surface area contributed by atoms with Crippen molar-refractivity contribution < 1.29 is 14.1 Å². The third-order valence-corrected chi connectivity index (χ3v) is 5.27.